The van der Waals surface area contributed by atoms with E-state index in [1.807, 2.05) is 0 Å². The molecular formula is C60H68O29. The molecule has 4 fully saturated rings. The van der Waals surface area contributed by atoms with Gasteiger partial charge in [0.25, 0.3) is 0 Å². The molecule has 4 heterocycles. The Hall–Kier alpha value is -7.50. The topological polar surface area (TPSA) is 431 Å². The lowest BCUT2D eigenvalue weighted by atomic mass is 9.95. The second-order valence-electron chi connectivity index (χ2n) is 20.5. The number of benzene rings is 4. The Morgan fingerprint density at radius 3 is 1.73 bits per heavy atom. The number of phenolic OH excluding ortho intramolecular Hbond substituents is 2. The van der Waals surface area contributed by atoms with Crippen molar-refractivity contribution in [1.29, 1.82) is 0 Å². The zero-order valence-electron chi connectivity index (χ0n) is 47.4. The highest BCUT2D eigenvalue weighted by Gasteiger charge is 2.64. The van der Waals surface area contributed by atoms with Crippen LogP contribution >= 0.6 is 0 Å². The lowest BCUT2D eigenvalue weighted by molar-refractivity contribution is -0.421. The zero-order valence-corrected chi connectivity index (χ0v) is 47.4. The number of phenols is 2. The second-order valence-corrected chi connectivity index (χ2v) is 20.5. The Morgan fingerprint density at radius 1 is 0.517 bits per heavy atom. The van der Waals surface area contributed by atoms with Crippen molar-refractivity contribution in [3.8, 4) is 23.0 Å². The summed E-state index contributed by atoms with van der Waals surface area (Å²) in [6.07, 6.45) is -31.4. The molecule has 29 nitrogen and oxygen atoms in total. The van der Waals surface area contributed by atoms with Gasteiger partial charge in [-0.05, 0) is 83.4 Å². The summed E-state index contributed by atoms with van der Waals surface area (Å²) >= 11 is 0. The van der Waals surface area contributed by atoms with E-state index < -0.39 is 173 Å². The Balaban J connectivity index is 1.21. The summed E-state index contributed by atoms with van der Waals surface area (Å²) in [7, 11) is 2.72. The summed E-state index contributed by atoms with van der Waals surface area (Å²) in [5.74, 6) is -7.25. The maximum atomic E-state index is 14.1. The normalized spacial score (nSPS) is 32.2. The highest BCUT2D eigenvalue weighted by molar-refractivity contribution is 5.90. The third-order valence-corrected chi connectivity index (χ3v) is 14.6. The summed E-state index contributed by atoms with van der Waals surface area (Å²) in [5, 5.41) is 132. The number of ether oxygens (including phenoxy) is 13. The first kappa shape index (κ1) is 67.4. The van der Waals surface area contributed by atoms with E-state index in [4.69, 9.17) is 61.6 Å². The molecule has 8 rings (SSSR count). The summed E-state index contributed by atoms with van der Waals surface area (Å²) < 4.78 is 76.7. The minimum atomic E-state index is -2.91. The Bertz CT molecular complexity index is 3090. The Morgan fingerprint density at radius 2 is 1.09 bits per heavy atom. The SMILES string of the molecule is COc1cccc(C=CC(=O)O[C@H]2[C@H](O[C@@H]3O[C@H](COC(=O)C=Cc4ccc(O)c(OC)c4)[C@@H](O)[C@H](O)[C@H]3O)[C@@H](O[C@@H]3O[C@H](CO)[C@@H](O)[C@H](O)[C@H]3O)[C@@H](O[C@]3(COC(=O)C=Cc4ccc(O)cc4)O[C@H](CO)[C@@H](O)[C@@H]3OC(=O)c3ccccc3)O[C@@H]2CO)c1. The van der Waals surface area contributed by atoms with Gasteiger partial charge in [0, 0.05) is 18.2 Å². The first-order valence-electron chi connectivity index (χ1n) is 27.6. The molecule has 0 bridgehead atoms. The number of aliphatic hydroxyl groups is 10. The van der Waals surface area contributed by atoms with Gasteiger partial charge in [-0.1, -0.05) is 48.5 Å². The minimum absolute atomic E-state index is 0.0829. The van der Waals surface area contributed by atoms with Crippen molar-refractivity contribution in [3.63, 3.8) is 0 Å². The van der Waals surface area contributed by atoms with Crippen LogP contribution in [0.5, 0.6) is 23.0 Å². The van der Waals surface area contributed by atoms with Gasteiger partial charge in [0.2, 0.25) is 5.79 Å². The number of aromatic hydroxyl groups is 2. The monoisotopic (exact) mass is 1250 g/mol. The molecule has 89 heavy (non-hydrogen) atoms. The van der Waals surface area contributed by atoms with Crippen LogP contribution in [0.1, 0.15) is 27.0 Å². The molecule has 0 unspecified atom stereocenters. The van der Waals surface area contributed by atoms with E-state index in [0.29, 0.717) is 22.4 Å². The second kappa shape index (κ2) is 30.8. The number of methoxy groups -OCH3 is 2. The number of hydrogen-bond acceptors (Lipinski definition) is 29. The number of aliphatic hydroxyl groups excluding tert-OH is 10. The van der Waals surface area contributed by atoms with Crippen LogP contribution in [0, 0.1) is 0 Å². The van der Waals surface area contributed by atoms with Crippen LogP contribution in [-0.4, -0.2) is 249 Å². The van der Waals surface area contributed by atoms with E-state index in [9.17, 15) is 80.5 Å². The van der Waals surface area contributed by atoms with E-state index >= 15 is 0 Å². The molecule has 4 aliphatic rings. The third-order valence-electron chi connectivity index (χ3n) is 14.6. The highest BCUT2D eigenvalue weighted by atomic mass is 16.8. The predicted octanol–water partition coefficient (Wildman–Crippen LogP) is -1.66. The maximum absolute atomic E-state index is 14.1. The number of hydrogen-bond donors (Lipinski definition) is 12. The smallest absolute Gasteiger partial charge is 0.338 e. The molecule has 0 spiro atoms. The molecule has 4 aromatic carbocycles. The molecule has 29 heteroatoms. The van der Waals surface area contributed by atoms with Crippen LogP contribution in [0.25, 0.3) is 18.2 Å². The van der Waals surface area contributed by atoms with Gasteiger partial charge < -0.3 is 123 Å². The average Bonchev–Trinajstić information content (AvgIpc) is 1.93. The van der Waals surface area contributed by atoms with E-state index in [-0.39, 0.29) is 22.8 Å². The van der Waals surface area contributed by atoms with Crippen LogP contribution in [0.3, 0.4) is 0 Å². The van der Waals surface area contributed by atoms with Crippen molar-refractivity contribution in [2.45, 2.75) is 116 Å². The van der Waals surface area contributed by atoms with Crippen LogP contribution < -0.4 is 9.47 Å². The molecule has 0 radical (unpaired) electrons. The van der Waals surface area contributed by atoms with Crippen molar-refractivity contribution in [3.05, 3.63) is 138 Å². The molecule has 0 amide bonds. The molecule has 19 atom stereocenters. The minimum Gasteiger partial charge on any atom is -0.508 e. The van der Waals surface area contributed by atoms with Crippen molar-refractivity contribution >= 4 is 42.1 Å². The summed E-state index contributed by atoms with van der Waals surface area (Å²) in [6, 6.07) is 23.3. The van der Waals surface area contributed by atoms with E-state index in [1.54, 1.807) is 30.3 Å². The molecule has 0 aliphatic carbocycles. The van der Waals surface area contributed by atoms with Crippen LogP contribution in [-0.2, 0) is 66.5 Å². The summed E-state index contributed by atoms with van der Waals surface area (Å²) in [4.78, 5) is 54.9. The molecule has 4 aromatic rings. The molecule has 4 saturated heterocycles. The first-order valence-corrected chi connectivity index (χ1v) is 27.6. The molecule has 482 valence electrons. The number of carbonyl (C=O) groups is 4. The fourth-order valence-corrected chi connectivity index (χ4v) is 9.80. The largest absolute Gasteiger partial charge is 0.508 e. The Labute approximate surface area is 506 Å². The third kappa shape index (κ3) is 16.5. The standard InChI is InChI=1S/C60H68O29/c1-77-35-10-6-7-31(23-35)16-22-44(68)84-52-40(27-63)82-59(89-60(29-80-43(67)20-14-30-11-17-34(64)18-12-30)55(47(71)39(26-62)88-60)87-56(76)33-8-4-3-5-9-33)54(86-57-50(74)48(72)45(69)38(25-61)81-57)53(52)85-58-51(75)49(73)46(70)41(83-58)28-79-42(66)21-15-32-13-19-36(65)37(24-32)78-2/h3-24,38-41,45-55,57-59,61-65,69-75H,25-29H2,1-2H3/t38-,39-,40-,41-,45-,46-,47-,48+,49+,50-,51-,52-,53+,54-,55+,57+,58+,59-,60+/m1/s1. The number of esters is 4. The quantitative estimate of drug-likeness (QED) is 0.0212. The van der Waals surface area contributed by atoms with Gasteiger partial charge >= 0.3 is 23.9 Å². The van der Waals surface area contributed by atoms with E-state index in [1.165, 1.54) is 99.2 Å². The highest BCUT2D eigenvalue weighted by Crippen LogP contribution is 2.42. The van der Waals surface area contributed by atoms with Gasteiger partial charge in [0.05, 0.1) is 39.6 Å². The van der Waals surface area contributed by atoms with Crippen molar-refractivity contribution < 1.29 is 142 Å². The van der Waals surface area contributed by atoms with E-state index in [0.717, 1.165) is 18.2 Å². The molecule has 0 aromatic heterocycles. The Kier molecular flexibility index (Phi) is 23.3. The first-order chi connectivity index (χ1) is 42.7. The van der Waals surface area contributed by atoms with Crippen LogP contribution in [0.15, 0.2) is 115 Å². The molecule has 0 saturated carbocycles. The molecule has 4 aliphatic heterocycles. The van der Waals surface area contributed by atoms with Gasteiger partial charge in [-0.25, -0.2) is 19.2 Å². The average molecular weight is 1250 g/mol. The number of carbonyl (C=O) groups excluding carboxylic acids is 4. The summed E-state index contributed by atoms with van der Waals surface area (Å²) in [5.41, 5.74) is 1.07. The van der Waals surface area contributed by atoms with E-state index in [2.05, 4.69) is 0 Å². The fourth-order valence-electron chi connectivity index (χ4n) is 9.80. The van der Waals surface area contributed by atoms with Gasteiger partial charge in [-0.3, -0.25) is 0 Å². The molecule has 12 N–H and O–H groups in total. The maximum Gasteiger partial charge on any atom is 0.338 e. The van der Waals surface area contributed by atoms with Crippen LogP contribution in [0.2, 0.25) is 0 Å². The van der Waals surface area contributed by atoms with Gasteiger partial charge in [-0.2, -0.15) is 0 Å². The summed E-state index contributed by atoms with van der Waals surface area (Å²) in [6.45, 7) is -5.33. The fraction of sp³-hybridized carbons (Fsp3) is 0.433. The van der Waals surface area contributed by atoms with Crippen molar-refractivity contribution in [1.82, 2.24) is 0 Å². The zero-order chi connectivity index (χ0) is 64.1. The van der Waals surface area contributed by atoms with Gasteiger partial charge in [-0.15, -0.1) is 0 Å². The lowest BCUT2D eigenvalue weighted by Crippen LogP contribution is -2.69. The van der Waals surface area contributed by atoms with Crippen molar-refractivity contribution in [2.24, 2.45) is 0 Å². The lowest BCUT2D eigenvalue weighted by Gasteiger charge is -2.50. The number of rotatable bonds is 24. The van der Waals surface area contributed by atoms with Crippen LogP contribution in [0.4, 0.5) is 0 Å². The van der Waals surface area contributed by atoms with Gasteiger partial charge in [0.15, 0.2) is 42.6 Å². The predicted molar refractivity (Wildman–Crippen MR) is 298 cm³/mol. The van der Waals surface area contributed by atoms with Gasteiger partial charge in [0.1, 0.15) is 104 Å². The molecular weight excluding hydrogens is 1180 g/mol. The van der Waals surface area contributed by atoms with Crippen molar-refractivity contribution in [2.75, 3.05) is 47.3 Å².